The van der Waals surface area contributed by atoms with Crippen LogP contribution in [0.5, 0.6) is 11.5 Å². The number of benzene rings is 2. The molecule has 23 heavy (non-hydrogen) atoms. The Morgan fingerprint density at radius 1 is 0.870 bits per heavy atom. The maximum atomic E-state index is 5.84. The van der Waals surface area contributed by atoms with Gasteiger partial charge in [0.2, 0.25) is 0 Å². The molecule has 128 valence electrons. The molecule has 0 aliphatic rings. The molecule has 0 heterocycles. The van der Waals surface area contributed by atoms with Gasteiger partial charge in [0.25, 0.3) is 0 Å². The van der Waals surface area contributed by atoms with E-state index < -0.39 is 0 Å². The van der Waals surface area contributed by atoms with Gasteiger partial charge in [-0.25, -0.2) is 0 Å². The van der Waals surface area contributed by atoms with Gasteiger partial charge in [-0.2, -0.15) is 0 Å². The highest BCUT2D eigenvalue weighted by molar-refractivity contribution is 5.46. The number of rotatable bonds is 6. The van der Waals surface area contributed by atoms with Crippen LogP contribution in [-0.2, 0) is 13.0 Å². The van der Waals surface area contributed by atoms with Crippen molar-refractivity contribution >= 4 is 0 Å². The van der Waals surface area contributed by atoms with Crippen LogP contribution in [0.3, 0.4) is 0 Å². The van der Waals surface area contributed by atoms with Gasteiger partial charge in [-0.1, -0.05) is 70.2 Å². The van der Waals surface area contributed by atoms with Gasteiger partial charge in [0.1, 0.15) is 6.61 Å². The minimum atomic E-state index is 0.531. The molecular weight excluding hydrogens is 286 g/mol. The lowest BCUT2D eigenvalue weighted by Crippen LogP contribution is -2.05. The largest absolute Gasteiger partial charge is 0.493 e. The summed E-state index contributed by atoms with van der Waals surface area (Å²) in [5, 5.41) is 0. The first kappa shape index (κ1) is 21.0. The van der Waals surface area contributed by atoms with Crippen LogP contribution >= 0.6 is 0 Å². The van der Waals surface area contributed by atoms with E-state index in [-0.39, 0.29) is 0 Å². The van der Waals surface area contributed by atoms with Crippen molar-refractivity contribution in [2.24, 2.45) is 5.73 Å². The smallest absolute Gasteiger partial charge is 0.163 e. The lowest BCUT2D eigenvalue weighted by molar-refractivity contribution is 0.283. The fraction of sp³-hybridized carbons (Fsp3) is 0.400. The third-order valence-corrected chi connectivity index (χ3v) is 2.92. The molecule has 0 aliphatic heterocycles. The molecule has 2 N–H and O–H groups in total. The molecular formula is C20H31NO2. The maximum absolute atomic E-state index is 5.84. The van der Waals surface area contributed by atoms with E-state index in [0.717, 1.165) is 29.0 Å². The highest BCUT2D eigenvalue weighted by Gasteiger charge is 2.09. The average Bonchev–Trinajstić information content (AvgIpc) is 2.64. The van der Waals surface area contributed by atoms with Gasteiger partial charge in [-0.3, -0.25) is 0 Å². The van der Waals surface area contributed by atoms with Gasteiger partial charge in [0.15, 0.2) is 11.5 Å². The predicted molar refractivity (Wildman–Crippen MR) is 99.2 cm³/mol. The summed E-state index contributed by atoms with van der Waals surface area (Å²) in [6.07, 6.45) is 0.783. The summed E-state index contributed by atoms with van der Waals surface area (Å²) >= 11 is 0. The Labute approximate surface area is 141 Å². The summed E-state index contributed by atoms with van der Waals surface area (Å²) in [6, 6.07) is 16.0. The summed E-state index contributed by atoms with van der Waals surface area (Å²) in [7, 11) is 1.66. The van der Waals surface area contributed by atoms with Gasteiger partial charge in [0.05, 0.1) is 7.11 Å². The molecule has 0 amide bonds. The molecule has 0 bridgehead atoms. The molecule has 0 fully saturated rings. The van der Waals surface area contributed by atoms with Crippen molar-refractivity contribution in [2.45, 2.75) is 40.7 Å². The average molecular weight is 317 g/mol. The summed E-state index contributed by atoms with van der Waals surface area (Å²) in [6.45, 7) is 9.13. The molecule has 0 spiro atoms. The van der Waals surface area contributed by atoms with E-state index in [2.05, 4.69) is 0 Å². The first-order valence-corrected chi connectivity index (χ1v) is 8.38. The molecule has 0 unspecified atom stereocenters. The molecule has 2 rings (SSSR count). The minimum absolute atomic E-state index is 0.531. The topological polar surface area (TPSA) is 44.5 Å². The predicted octanol–water partition coefficient (Wildman–Crippen LogP) is 4.83. The van der Waals surface area contributed by atoms with Crippen LogP contribution < -0.4 is 15.2 Å². The number of nitrogens with two attached hydrogens (primary N) is 1. The zero-order valence-corrected chi connectivity index (χ0v) is 15.1. The van der Waals surface area contributed by atoms with Crippen LogP contribution in [0.15, 0.2) is 48.5 Å². The fourth-order valence-corrected chi connectivity index (χ4v) is 1.99. The fourth-order valence-electron chi connectivity index (χ4n) is 1.99. The van der Waals surface area contributed by atoms with Crippen LogP contribution in [-0.4, -0.2) is 13.7 Å². The Hall–Kier alpha value is -2.00. The van der Waals surface area contributed by atoms with Crippen molar-refractivity contribution in [3.05, 3.63) is 59.7 Å². The molecule has 3 nitrogen and oxygen atoms in total. The quantitative estimate of drug-likeness (QED) is 0.830. The molecule has 0 aromatic heterocycles. The summed E-state index contributed by atoms with van der Waals surface area (Å²) in [5.41, 5.74) is 7.82. The Bertz CT molecular complexity index is 512. The second kappa shape index (κ2) is 13.6. The van der Waals surface area contributed by atoms with E-state index in [1.807, 2.05) is 76.2 Å². The van der Waals surface area contributed by atoms with Gasteiger partial charge < -0.3 is 15.2 Å². The second-order valence-electron chi connectivity index (χ2n) is 4.26. The van der Waals surface area contributed by atoms with Crippen LogP contribution in [0.1, 0.15) is 38.8 Å². The van der Waals surface area contributed by atoms with E-state index in [4.69, 9.17) is 15.2 Å². The molecule has 3 heteroatoms. The van der Waals surface area contributed by atoms with E-state index in [0.29, 0.717) is 13.2 Å². The summed E-state index contributed by atoms with van der Waals surface area (Å²) in [5.74, 6) is 1.54. The Morgan fingerprint density at radius 3 is 2.09 bits per heavy atom. The third-order valence-electron chi connectivity index (χ3n) is 2.92. The molecule has 0 radical (unpaired) electrons. The van der Waals surface area contributed by atoms with Gasteiger partial charge >= 0.3 is 0 Å². The monoisotopic (exact) mass is 317 g/mol. The highest BCUT2D eigenvalue weighted by Crippen LogP contribution is 2.31. The van der Waals surface area contributed by atoms with E-state index >= 15 is 0 Å². The van der Waals surface area contributed by atoms with Crippen molar-refractivity contribution in [2.75, 3.05) is 13.7 Å². The summed E-state index contributed by atoms with van der Waals surface area (Å²) in [4.78, 5) is 0. The van der Waals surface area contributed by atoms with Gasteiger partial charge in [-0.15, -0.1) is 0 Å². The number of hydrogen-bond acceptors (Lipinski definition) is 3. The SMILES string of the molecule is CC.CC.COc1c(CCN)cccc1OCc1ccccc1. The Kier molecular flexibility index (Phi) is 12.5. The molecule has 0 atom stereocenters. The minimum Gasteiger partial charge on any atom is -0.493 e. The van der Waals surface area contributed by atoms with Crippen molar-refractivity contribution in [3.8, 4) is 11.5 Å². The molecule has 0 saturated heterocycles. The standard InChI is InChI=1S/C16H19NO2.2C2H6/c1-18-16-14(10-11-17)8-5-9-15(16)19-12-13-6-3-2-4-7-13;2*1-2/h2-9H,10-12,17H2,1H3;2*1-2H3. The van der Waals surface area contributed by atoms with Crippen molar-refractivity contribution < 1.29 is 9.47 Å². The van der Waals surface area contributed by atoms with Crippen molar-refractivity contribution in [1.82, 2.24) is 0 Å². The lowest BCUT2D eigenvalue weighted by Gasteiger charge is -2.14. The molecule has 2 aromatic carbocycles. The van der Waals surface area contributed by atoms with E-state index in [1.165, 1.54) is 0 Å². The second-order valence-corrected chi connectivity index (χ2v) is 4.26. The van der Waals surface area contributed by atoms with Gasteiger partial charge in [0, 0.05) is 0 Å². The van der Waals surface area contributed by atoms with Crippen LogP contribution in [0.4, 0.5) is 0 Å². The number of hydrogen-bond donors (Lipinski definition) is 1. The van der Waals surface area contributed by atoms with Crippen molar-refractivity contribution in [3.63, 3.8) is 0 Å². The lowest BCUT2D eigenvalue weighted by atomic mass is 10.1. The highest BCUT2D eigenvalue weighted by atomic mass is 16.5. The molecule has 0 aliphatic carbocycles. The Balaban J connectivity index is 0.00000112. The number of ether oxygens (including phenoxy) is 2. The molecule has 0 saturated carbocycles. The maximum Gasteiger partial charge on any atom is 0.163 e. The third kappa shape index (κ3) is 7.20. The molecule has 2 aromatic rings. The Morgan fingerprint density at radius 2 is 1.52 bits per heavy atom. The summed E-state index contributed by atoms with van der Waals surface area (Å²) < 4.78 is 11.3. The zero-order valence-electron chi connectivity index (χ0n) is 15.1. The van der Waals surface area contributed by atoms with Gasteiger partial charge in [-0.05, 0) is 30.2 Å². The normalized spacial score (nSPS) is 8.96. The van der Waals surface area contributed by atoms with E-state index in [1.54, 1.807) is 7.11 Å². The van der Waals surface area contributed by atoms with Crippen molar-refractivity contribution in [1.29, 1.82) is 0 Å². The van der Waals surface area contributed by atoms with Crippen LogP contribution in [0.25, 0.3) is 0 Å². The zero-order chi connectivity index (χ0) is 17.5. The van der Waals surface area contributed by atoms with E-state index in [9.17, 15) is 0 Å². The number of methoxy groups -OCH3 is 1. The first-order chi connectivity index (χ1) is 11.3. The number of para-hydroxylation sites is 1. The van der Waals surface area contributed by atoms with Crippen LogP contribution in [0, 0.1) is 0 Å². The van der Waals surface area contributed by atoms with Crippen LogP contribution in [0.2, 0.25) is 0 Å². The first-order valence-electron chi connectivity index (χ1n) is 8.38.